The van der Waals surface area contributed by atoms with Crippen LogP contribution >= 0.6 is 11.3 Å². The Balaban J connectivity index is 1.37. The van der Waals surface area contributed by atoms with E-state index in [0.29, 0.717) is 44.2 Å². The van der Waals surface area contributed by atoms with Crippen molar-refractivity contribution >= 4 is 21.4 Å². The highest BCUT2D eigenvalue weighted by Gasteiger charge is 2.29. The first-order valence-electron chi connectivity index (χ1n) is 10.5. The molecule has 0 radical (unpaired) electrons. The number of thiazole rings is 1. The lowest BCUT2D eigenvalue weighted by atomic mass is 10.2. The minimum Gasteiger partial charge on any atom is -0.497 e. The highest BCUT2D eigenvalue weighted by Crippen LogP contribution is 2.31. The number of piperazine rings is 1. The van der Waals surface area contributed by atoms with Crippen LogP contribution in [0.5, 0.6) is 17.2 Å². The lowest BCUT2D eigenvalue weighted by Crippen LogP contribution is -2.48. The number of hydrogen-bond donors (Lipinski definition) is 0. The Kier molecular flexibility index (Phi) is 7.18. The standard InChI is InChI=1S/C23H27N3O5S2/c1-29-18-6-4-17(5-7-18)20-16-32-23(24-20)15-25-10-12-26(13-11-25)33(27,28)19-8-9-21(30-2)22(14-19)31-3/h4-9,14,16H,10-13,15H2,1-3H3. The Bertz CT molecular complexity index is 1190. The number of rotatable bonds is 8. The Hall–Kier alpha value is -2.66. The minimum absolute atomic E-state index is 0.206. The molecular formula is C23H27N3O5S2. The number of benzene rings is 2. The molecule has 0 amide bonds. The van der Waals surface area contributed by atoms with Crippen LogP contribution in [-0.2, 0) is 16.6 Å². The molecular weight excluding hydrogens is 462 g/mol. The fraction of sp³-hybridized carbons (Fsp3) is 0.348. The van der Waals surface area contributed by atoms with Crippen LogP contribution < -0.4 is 14.2 Å². The van der Waals surface area contributed by atoms with Gasteiger partial charge in [0.05, 0.1) is 38.5 Å². The number of methoxy groups -OCH3 is 3. The van der Waals surface area contributed by atoms with E-state index in [1.54, 1.807) is 30.6 Å². The quantitative estimate of drug-likeness (QED) is 0.480. The number of nitrogens with zero attached hydrogens (tertiary/aromatic N) is 3. The molecule has 4 rings (SSSR count). The van der Waals surface area contributed by atoms with E-state index in [1.807, 2.05) is 24.3 Å². The van der Waals surface area contributed by atoms with Gasteiger partial charge in [-0.15, -0.1) is 11.3 Å². The van der Waals surface area contributed by atoms with Crippen molar-refractivity contribution in [2.75, 3.05) is 47.5 Å². The molecule has 0 aliphatic carbocycles. The van der Waals surface area contributed by atoms with E-state index in [9.17, 15) is 8.42 Å². The Morgan fingerprint density at radius 1 is 0.909 bits per heavy atom. The molecule has 1 aromatic heterocycles. The minimum atomic E-state index is -3.61. The largest absolute Gasteiger partial charge is 0.497 e. The summed E-state index contributed by atoms with van der Waals surface area (Å²) in [5.41, 5.74) is 1.98. The molecule has 2 heterocycles. The summed E-state index contributed by atoms with van der Waals surface area (Å²) in [6, 6.07) is 12.5. The second-order valence-corrected chi connectivity index (χ2v) is 10.4. The van der Waals surface area contributed by atoms with E-state index in [-0.39, 0.29) is 4.90 Å². The fourth-order valence-corrected chi connectivity index (χ4v) is 6.01. The van der Waals surface area contributed by atoms with E-state index >= 15 is 0 Å². The second kappa shape index (κ2) is 10.1. The average Bonchev–Trinajstić information content (AvgIpc) is 3.32. The third kappa shape index (κ3) is 5.14. The number of aromatic nitrogens is 1. The van der Waals surface area contributed by atoms with E-state index in [0.717, 1.165) is 22.0 Å². The van der Waals surface area contributed by atoms with E-state index < -0.39 is 10.0 Å². The Morgan fingerprint density at radius 3 is 2.24 bits per heavy atom. The van der Waals surface area contributed by atoms with Gasteiger partial charge in [0.15, 0.2) is 11.5 Å². The molecule has 0 N–H and O–H groups in total. The van der Waals surface area contributed by atoms with Crippen molar-refractivity contribution in [2.24, 2.45) is 0 Å². The maximum absolute atomic E-state index is 13.1. The zero-order valence-electron chi connectivity index (χ0n) is 18.9. The second-order valence-electron chi connectivity index (χ2n) is 7.55. The topological polar surface area (TPSA) is 81.2 Å². The van der Waals surface area contributed by atoms with Crippen LogP contribution in [-0.4, -0.2) is 70.1 Å². The molecule has 0 bridgehead atoms. The molecule has 0 atom stereocenters. The van der Waals surface area contributed by atoms with E-state index in [1.165, 1.54) is 24.6 Å². The van der Waals surface area contributed by atoms with Crippen LogP contribution in [0.1, 0.15) is 5.01 Å². The SMILES string of the molecule is COc1ccc(-c2csc(CN3CCN(S(=O)(=O)c4ccc(OC)c(OC)c4)CC3)n2)cc1. The average molecular weight is 490 g/mol. The number of hydrogen-bond acceptors (Lipinski definition) is 8. The van der Waals surface area contributed by atoms with Gasteiger partial charge in [0.1, 0.15) is 10.8 Å². The van der Waals surface area contributed by atoms with Crippen molar-refractivity contribution in [1.82, 2.24) is 14.2 Å². The summed E-state index contributed by atoms with van der Waals surface area (Å²) in [6.07, 6.45) is 0. The third-order valence-electron chi connectivity index (χ3n) is 5.62. The molecule has 0 unspecified atom stereocenters. The van der Waals surface area contributed by atoms with Crippen molar-refractivity contribution in [3.8, 4) is 28.5 Å². The first-order valence-corrected chi connectivity index (χ1v) is 12.8. The van der Waals surface area contributed by atoms with Crippen molar-refractivity contribution in [2.45, 2.75) is 11.4 Å². The van der Waals surface area contributed by atoms with Crippen LogP contribution in [0.25, 0.3) is 11.3 Å². The summed E-state index contributed by atoms with van der Waals surface area (Å²) < 4.78 is 43.4. The molecule has 0 spiro atoms. The van der Waals surface area contributed by atoms with Crippen molar-refractivity contribution in [3.63, 3.8) is 0 Å². The molecule has 176 valence electrons. The van der Waals surface area contributed by atoms with Crippen LogP contribution in [0.4, 0.5) is 0 Å². The molecule has 1 fully saturated rings. The van der Waals surface area contributed by atoms with Gasteiger partial charge in [-0.25, -0.2) is 13.4 Å². The van der Waals surface area contributed by atoms with Gasteiger partial charge in [0.2, 0.25) is 10.0 Å². The smallest absolute Gasteiger partial charge is 0.243 e. The maximum Gasteiger partial charge on any atom is 0.243 e. The van der Waals surface area contributed by atoms with Crippen LogP contribution in [0, 0.1) is 0 Å². The van der Waals surface area contributed by atoms with Crippen molar-refractivity contribution in [3.05, 3.63) is 52.9 Å². The lowest BCUT2D eigenvalue weighted by molar-refractivity contribution is 0.181. The molecule has 33 heavy (non-hydrogen) atoms. The van der Waals surface area contributed by atoms with Gasteiger partial charge in [0, 0.05) is 43.2 Å². The summed E-state index contributed by atoms with van der Waals surface area (Å²) in [6.45, 7) is 2.83. The molecule has 1 saturated heterocycles. The van der Waals surface area contributed by atoms with Gasteiger partial charge in [-0.2, -0.15) is 4.31 Å². The molecule has 10 heteroatoms. The van der Waals surface area contributed by atoms with Crippen molar-refractivity contribution in [1.29, 1.82) is 0 Å². The molecule has 3 aromatic rings. The van der Waals surface area contributed by atoms with Crippen LogP contribution in [0.3, 0.4) is 0 Å². The monoisotopic (exact) mass is 489 g/mol. The Labute approximate surface area is 198 Å². The first-order chi connectivity index (χ1) is 15.9. The van der Waals surface area contributed by atoms with Gasteiger partial charge in [-0.1, -0.05) is 0 Å². The zero-order valence-corrected chi connectivity index (χ0v) is 20.5. The van der Waals surface area contributed by atoms with Crippen LogP contribution in [0.2, 0.25) is 0 Å². The number of sulfonamides is 1. The van der Waals surface area contributed by atoms with Gasteiger partial charge in [0.25, 0.3) is 0 Å². The zero-order chi connectivity index (χ0) is 23.4. The van der Waals surface area contributed by atoms with Gasteiger partial charge in [-0.05, 0) is 36.4 Å². The number of ether oxygens (including phenoxy) is 3. The summed E-state index contributed by atoms with van der Waals surface area (Å²) in [7, 11) is 1.06. The highest BCUT2D eigenvalue weighted by molar-refractivity contribution is 7.89. The predicted octanol–water partition coefficient (Wildman–Crippen LogP) is 3.34. The van der Waals surface area contributed by atoms with E-state index in [2.05, 4.69) is 10.3 Å². The maximum atomic E-state index is 13.1. The predicted molar refractivity (Wildman–Crippen MR) is 128 cm³/mol. The summed E-state index contributed by atoms with van der Waals surface area (Å²) >= 11 is 1.62. The summed E-state index contributed by atoms with van der Waals surface area (Å²) in [4.78, 5) is 7.20. The highest BCUT2D eigenvalue weighted by atomic mass is 32.2. The van der Waals surface area contributed by atoms with Crippen molar-refractivity contribution < 1.29 is 22.6 Å². The first kappa shape index (κ1) is 23.5. The van der Waals surface area contributed by atoms with Gasteiger partial charge >= 0.3 is 0 Å². The Morgan fingerprint density at radius 2 is 1.61 bits per heavy atom. The molecule has 8 nitrogen and oxygen atoms in total. The summed E-state index contributed by atoms with van der Waals surface area (Å²) in [5, 5.41) is 3.06. The van der Waals surface area contributed by atoms with Crippen LogP contribution in [0.15, 0.2) is 52.7 Å². The normalized spacial score (nSPS) is 15.4. The fourth-order valence-electron chi connectivity index (χ4n) is 3.72. The van der Waals surface area contributed by atoms with E-state index in [4.69, 9.17) is 19.2 Å². The third-order valence-corrected chi connectivity index (χ3v) is 8.35. The van der Waals surface area contributed by atoms with Gasteiger partial charge < -0.3 is 14.2 Å². The molecule has 1 aliphatic rings. The lowest BCUT2D eigenvalue weighted by Gasteiger charge is -2.33. The molecule has 1 aliphatic heterocycles. The summed E-state index contributed by atoms with van der Waals surface area (Å²) in [5.74, 6) is 1.71. The molecule has 2 aromatic carbocycles. The molecule has 0 saturated carbocycles. The van der Waals surface area contributed by atoms with Gasteiger partial charge in [-0.3, -0.25) is 4.90 Å².